The third-order valence-electron chi connectivity index (χ3n) is 2.72. The van der Waals surface area contributed by atoms with Gasteiger partial charge < -0.3 is 5.32 Å². The van der Waals surface area contributed by atoms with Crippen LogP contribution in [-0.2, 0) is 13.0 Å². The SMILES string of the molecule is CNCCCc1cnn(CC2CC2)c1. The van der Waals surface area contributed by atoms with Crippen LogP contribution in [0.4, 0.5) is 0 Å². The minimum Gasteiger partial charge on any atom is -0.320 e. The minimum absolute atomic E-state index is 0.917. The van der Waals surface area contributed by atoms with E-state index in [0.717, 1.165) is 25.4 Å². The van der Waals surface area contributed by atoms with E-state index in [4.69, 9.17) is 0 Å². The number of nitrogens with zero attached hydrogens (tertiary/aromatic N) is 2. The lowest BCUT2D eigenvalue weighted by atomic mass is 10.2. The van der Waals surface area contributed by atoms with E-state index in [1.807, 2.05) is 13.2 Å². The summed E-state index contributed by atoms with van der Waals surface area (Å²) in [5, 5.41) is 7.53. The Morgan fingerprint density at radius 1 is 1.57 bits per heavy atom. The Bertz CT molecular complexity index is 276. The number of aromatic nitrogens is 2. The van der Waals surface area contributed by atoms with Crippen molar-refractivity contribution in [3.8, 4) is 0 Å². The molecular weight excluding hydrogens is 174 g/mol. The molecule has 0 atom stereocenters. The summed E-state index contributed by atoms with van der Waals surface area (Å²) in [5.41, 5.74) is 1.38. The van der Waals surface area contributed by atoms with E-state index in [0.29, 0.717) is 0 Å². The molecule has 1 N–H and O–H groups in total. The summed E-state index contributed by atoms with van der Waals surface area (Å²) in [6.45, 7) is 2.22. The van der Waals surface area contributed by atoms with Gasteiger partial charge in [-0.25, -0.2) is 0 Å². The van der Waals surface area contributed by atoms with Crippen molar-refractivity contribution in [1.82, 2.24) is 15.1 Å². The predicted octanol–water partition coefficient (Wildman–Crippen LogP) is 1.45. The van der Waals surface area contributed by atoms with Gasteiger partial charge in [0.2, 0.25) is 0 Å². The van der Waals surface area contributed by atoms with Crippen molar-refractivity contribution in [3.63, 3.8) is 0 Å². The van der Waals surface area contributed by atoms with Crippen molar-refractivity contribution in [2.45, 2.75) is 32.2 Å². The summed E-state index contributed by atoms with van der Waals surface area (Å²) in [6.07, 6.45) is 9.35. The van der Waals surface area contributed by atoms with Gasteiger partial charge in [0.05, 0.1) is 6.20 Å². The van der Waals surface area contributed by atoms with Crippen LogP contribution in [0.25, 0.3) is 0 Å². The number of hydrogen-bond acceptors (Lipinski definition) is 2. The van der Waals surface area contributed by atoms with E-state index >= 15 is 0 Å². The van der Waals surface area contributed by atoms with Gasteiger partial charge in [-0.05, 0) is 50.8 Å². The van der Waals surface area contributed by atoms with Crippen molar-refractivity contribution in [1.29, 1.82) is 0 Å². The van der Waals surface area contributed by atoms with Crippen molar-refractivity contribution < 1.29 is 0 Å². The molecule has 0 aromatic carbocycles. The Morgan fingerprint density at radius 3 is 3.14 bits per heavy atom. The molecule has 3 heteroatoms. The van der Waals surface area contributed by atoms with Crippen LogP contribution in [0.3, 0.4) is 0 Å². The lowest BCUT2D eigenvalue weighted by Gasteiger charge is -1.98. The zero-order valence-corrected chi connectivity index (χ0v) is 8.87. The highest BCUT2D eigenvalue weighted by atomic mass is 15.3. The molecule has 0 saturated heterocycles. The fourth-order valence-corrected chi connectivity index (χ4v) is 1.67. The van der Waals surface area contributed by atoms with Gasteiger partial charge in [0, 0.05) is 12.7 Å². The molecule has 2 rings (SSSR count). The maximum absolute atomic E-state index is 4.37. The Labute approximate surface area is 85.5 Å². The molecule has 1 aliphatic carbocycles. The monoisotopic (exact) mass is 193 g/mol. The smallest absolute Gasteiger partial charge is 0.0521 e. The van der Waals surface area contributed by atoms with Crippen molar-refractivity contribution in [2.24, 2.45) is 5.92 Å². The first-order chi connectivity index (χ1) is 6.88. The summed E-state index contributed by atoms with van der Waals surface area (Å²) >= 11 is 0. The minimum atomic E-state index is 0.917. The van der Waals surface area contributed by atoms with Crippen LogP contribution >= 0.6 is 0 Å². The summed E-state index contributed by atoms with van der Waals surface area (Å²) in [6, 6.07) is 0. The van der Waals surface area contributed by atoms with E-state index in [9.17, 15) is 0 Å². The standard InChI is InChI=1S/C11H19N3/c1-12-6-2-3-11-7-13-14(9-11)8-10-4-5-10/h7,9-10,12H,2-6,8H2,1H3. The van der Waals surface area contributed by atoms with Gasteiger partial charge in [0.15, 0.2) is 0 Å². The topological polar surface area (TPSA) is 29.9 Å². The average molecular weight is 193 g/mol. The zero-order valence-electron chi connectivity index (χ0n) is 8.87. The van der Waals surface area contributed by atoms with E-state index in [-0.39, 0.29) is 0 Å². The lowest BCUT2D eigenvalue weighted by molar-refractivity contribution is 0.562. The quantitative estimate of drug-likeness (QED) is 0.693. The summed E-state index contributed by atoms with van der Waals surface area (Å²) in [5.74, 6) is 0.917. The maximum atomic E-state index is 4.37. The number of nitrogens with one attached hydrogen (secondary N) is 1. The second-order valence-electron chi connectivity index (χ2n) is 4.22. The molecule has 78 valence electrons. The molecule has 1 heterocycles. The second-order valence-corrected chi connectivity index (χ2v) is 4.22. The molecule has 3 nitrogen and oxygen atoms in total. The molecule has 0 amide bonds. The number of rotatable bonds is 6. The third kappa shape index (κ3) is 2.84. The Morgan fingerprint density at radius 2 is 2.43 bits per heavy atom. The van der Waals surface area contributed by atoms with E-state index in [1.54, 1.807) is 0 Å². The Balaban J connectivity index is 1.76. The van der Waals surface area contributed by atoms with Gasteiger partial charge in [0.25, 0.3) is 0 Å². The normalized spacial score (nSPS) is 16.1. The van der Waals surface area contributed by atoms with Crippen molar-refractivity contribution >= 4 is 0 Å². The summed E-state index contributed by atoms with van der Waals surface area (Å²) in [7, 11) is 2.00. The van der Waals surface area contributed by atoms with Crippen LogP contribution in [0.2, 0.25) is 0 Å². The Kier molecular flexibility index (Phi) is 3.19. The van der Waals surface area contributed by atoms with Crippen LogP contribution in [0.1, 0.15) is 24.8 Å². The molecule has 0 bridgehead atoms. The second kappa shape index (κ2) is 4.60. The maximum Gasteiger partial charge on any atom is 0.0521 e. The van der Waals surface area contributed by atoms with Crippen molar-refractivity contribution in [3.05, 3.63) is 18.0 Å². The van der Waals surface area contributed by atoms with Gasteiger partial charge in [-0.1, -0.05) is 0 Å². The first-order valence-corrected chi connectivity index (χ1v) is 5.54. The van der Waals surface area contributed by atoms with Crippen LogP contribution in [0.5, 0.6) is 0 Å². The molecule has 1 aromatic heterocycles. The van der Waals surface area contributed by atoms with Crippen LogP contribution in [0.15, 0.2) is 12.4 Å². The zero-order chi connectivity index (χ0) is 9.80. The van der Waals surface area contributed by atoms with Crippen LogP contribution < -0.4 is 5.32 Å². The van der Waals surface area contributed by atoms with E-state index in [2.05, 4.69) is 21.3 Å². The predicted molar refractivity (Wildman–Crippen MR) is 57.2 cm³/mol. The van der Waals surface area contributed by atoms with E-state index in [1.165, 1.54) is 24.8 Å². The Hall–Kier alpha value is -0.830. The molecular formula is C11H19N3. The van der Waals surface area contributed by atoms with E-state index < -0.39 is 0 Å². The highest BCUT2D eigenvalue weighted by molar-refractivity contribution is 5.04. The van der Waals surface area contributed by atoms with Crippen molar-refractivity contribution in [2.75, 3.05) is 13.6 Å². The highest BCUT2D eigenvalue weighted by Crippen LogP contribution is 2.30. The van der Waals surface area contributed by atoms with Gasteiger partial charge in [-0.3, -0.25) is 4.68 Å². The van der Waals surface area contributed by atoms with Crippen LogP contribution in [-0.4, -0.2) is 23.4 Å². The fraction of sp³-hybridized carbons (Fsp3) is 0.727. The number of hydrogen-bond donors (Lipinski definition) is 1. The molecule has 0 unspecified atom stereocenters. The third-order valence-corrected chi connectivity index (χ3v) is 2.72. The first-order valence-electron chi connectivity index (χ1n) is 5.54. The van der Waals surface area contributed by atoms with Gasteiger partial charge in [-0.2, -0.15) is 5.10 Å². The molecule has 0 aliphatic heterocycles. The first kappa shape index (κ1) is 9.71. The number of aryl methyl sites for hydroxylation is 1. The highest BCUT2D eigenvalue weighted by Gasteiger charge is 2.21. The molecule has 0 spiro atoms. The largest absolute Gasteiger partial charge is 0.320 e. The molecule has 14 heavy (non-hydrogen) atoms. The molecule has 1 saturated carbocycles. The van der Waals surface area contributed by atoms with Crippen LogP contribution in [0, 0.1) is 5.92 Å². The lowest BCUT2D eigenvalue weighted by Crippen LogP contribution is -2.08. The molecule has 1 aliphatic rings. The average Bonchev–Trinajstić information content (AvgIpc) is 2.87. The van der Waals surface area contributed by atoms with Gasteiger partial charge in [-0.15, -0.1) is 0 Å². The molecule has 1 aromatic rings. The van der Waals surface area contributed by atoms with Gasteiger partial charge in [0.1, 0.15) is 0 Å². The molecule has 1 fully saturated rings. The molecule has 0 radical (unpaired) electrons. The summed E-state index contributed by atoms with van der Waals surface area (Å²) < 4.78 is 2.10. The summed E-state index contributed by atoms with van der Waals surface area (Å²) in [4.78, 5) is 0. The van der Waals surface area contributed by atoms with Gasteiger partial charge >= 0.3 is 0 Å². The fourth-order valence-electron chi connectivity index (χ4n) is 1.67.